The minimum Gasteiger partial charge on any atom is -0.289 e. The number of nitro benzene ring substituents is 1. The van der Waals surface area contributed by atoms with Crippen LogP contribution in [0.3, 0.4) is 0 Å². The van der Waals surface area contributed by atoms with Crippen LogP contribution < -0.4 is 11.2 Å². The van der Waals surface area contributed by atoms with E-state index in [-0.39, 0.29) is 29.5 Å². The van der Waals surface area contributed by atoms with Gasteiger partial charge in [0.15, 0.2) is 0 Å². The van der Waals surface area contributed by atoms with E-state index in [1.54, 1.807) is 41.0 Å². The zero-order valence-electron chi connectivity index (χ0n) is 15.4. The number of hydrogen-bond donors (Lipinski definition) is 0. The first-order valence-electron chi connectivity index (χ1n) is 9.53. The van der Waals surface area contributed by atoms with E-state index < -0.39 is 4.92 Å². The fourth-order valence-corrected chi connectivity index (χ4v) is 4.10. The maximum atomic E-state index is 13.3. The van der Waals surface area contributed by atoms with Gasteiger partial charge in [0, 0.05) is 18.2 Å². The molecule has 0 saturated heterocycles. The molecule has 144 valence electrons. The highest BCUT2D eigenvalue weighted by Gasteiger charge is 2.22. The second kappa shape index (κ2) is 7.42. The fourth-order valence-electron chi connectivity index (χ4n) is 4.10. The van der Waals surface area contributed by atoms with Crippen molar-refractivity contribution in [2.24, 2.45) is 0 Å². The van der Waals surface area contributed by atoms with Gasteiger partial charge in [0.05, 0.1) is 22.4 Å². The second-order valence-corrected chi connectivity index (χ2v) is 7.28. The zero-order chi connectivity index (χ0) is 19.7. The van der Waals surface area contributed by atoms with Crippen LogP contribution in [0.4, 0.5) is 5.69 Å². The number of non-ortho nitro benzene ring substituents is 1. The van der Waals surface area contributed by atoms with E-state index in [1.165, 1.54) is 16.7 Å². The first kappa shape index (κ1) is 18.2. The molecule has 7 nitrogen and oxygen atoms in total. The normalized spacial score (nSPS) is 15.0. The molecule has 0 aliphatic heterocycles. The van der Waals surface area contributed by atoms with Gasteiger partial charge < -0.3 is 0 Å². The highest BCUT2D eigenvalue weighted by Crippen LogP contribution is 2.26. The Kier molecular flexibility index (Phi) is 4.81. The number of nitrogens with zero attached hydrogens (tertiary/aromatic N) is 3. The lowest BCUT2D eigenvalue weighted by molar-refractivity contribution is -0.384. The molecule has 0 amide bonds. The van der Waals surface area contributed by atoms with Crippen molar-refractivity contribution in [3.05, 3.63) is 85.0 Å². The summed E-state index contributed by atoms with van der Waals surface area (Å²) in [6, 6.07) is 13.2. The molecule has 1 heterocycles. The standard InChI is InChI=1S/C21H21N3O4/c25-20-18-11-4-5-12-19(18)22(14-15-7-6-10-17(13-15)24(27)28)21(26)23(20)16-8-2-1-3-9-16/h4-7,10-13,16H,1-3,8-9,14H2. The van der Waals surface area contributed by atoms with Crippen molar-refractivity contribution in [2.75, 3.05) is 0 Å². The lowest BCUT2D eigenvalue weighted by Gasteiger charge is -2.24. The number of fused-ring (bicyclic) bond motifs is 1. The van der Waals surface area contributed by atoms with Gasteiger partial charge in [-0.3, -0.25) is 24.0 Å². The van der Waals surface area contributed by atoms with Gasteiger partial charge in [-0.05, 0) is 30.5 Å². The lowest BCUT2D eigenvalue weighted by Crippen LogP contribution is -2.43. The summed E-state index contributed by atoms with van der Waals surface area (Å²) in [5.74, 6) is 0. The predicted molar refractivity (Wildman–Crippen MR) is 107 cm³/mol. The van der Waals surface area contributed by atoms with Gasteiger partial charge in [0.2, 0.25) is 0 Å². The van der Waals surface area contributed by atoms with Crippen LogP contribution in [0, 0.1) is 10.1 Å². The summed E-state index contributed by atoms with van der Waals surface area (Å²) in [7, 11) is 0. The zero-order valence-corrected chi connectivity index (χ0v) is 15.4. The highest BCUT2D eigenvalue weighted by atomic mass is 16.6. The molecule has 0 bridgehead atoms. The number of aromatic nitrogens is 2. The average molecular weight is 379 g/mol. The molecule has 28 heavy (non-hydrogen) atoms. The molecular weight excluding hydrogens is 358 g/mol. The van der Waals surface area contributed by atoms with Crippen molar-refractivity contribution in [1.82, 2.24) is 9.13 Å². The SMILES string of the molecule is O=c1c2ccccc2n(Cc2cccc([N+](=O)[O-])c2)c(=O)n1C1CCCCC1. The number of para-hydroxylation sites is 1. The third-order valence-corrected chi connectivity index (χ3v) is 5.48. The summed E-state index contributed by atoms with van der Waals surface area (Å²) in [4.78, 5) is 37.0. The van der Waals surface area contributed by atoms with Gasteiger partial charge >= 0.3 is 5.69 Å². The van der Waals surface area contributed by atoms with Crippen LogP contribution in [0.1, 0.15) is 43.7 Å². The quantitative estimate of drug-likeness (QED) is 0.512. The van der Waals surface area contributed by atoms with E-state index in [0.29, 0.717) is 16.5 Å². The molecule has 1 fully saturated rings. The Morgan fingerprint density at radius 3 is 2.50 bits per heavy atom. The summed E-state index contributed by atoms with van der Waals surface area (Å²) in [6.45, 7) is 0.175. The van der Waals surface area contributed by atoms with E-state index >= 15 is 0 Å². The number of rotatable bonds is 4. The van der Waals surface area contributed by atoms with Crippen LogP contribution in [0.15, 0.2) is 58.1 Å². The van der Waals surface area contributed by atoms with E-state index in [9.17, 15) is 19.7 Å². The molecule has 1 aliphatic rings. The van der Waals surface area contributed by atoms with Gasteiger partial charge in [-0.1, -0.05) is 43.5 Å². The molecule has 3 aromatic rings. The predicted octanol–water partition coefficient (Wildman–Crippen LogP) is 3.62. The van der Waals surface area contributed by atoms with Crippen molar-refractivity contribution < 1.29 is 4.92 Å². The summed E-state index contributed by atoms with van der Waals surface area (Å²) >= 11 is 0. The molecule has 2 aromatic carbocycles. The van der Waals surface area contributed by atoms with E-state index in [1.807, 2.05) is 0 Å². The Labute approximate surface area is 161 Å². The van der Waals surface area contributed by atoms with Gasteiger partial charge in [-0.25, -0.2) is 4.79 Å². The monoisotopic (exact) mass is 379 g/mol. The lowest BCUT2D eigenvalue weighted by atomic mass is 9.95. The maximum Gasteiger partial charge on any atom is 0.332 e. The molecule has 1 aromatic heterocycles. The Bertz CT molecular complexity index is 1160. The van der Waals surface area contributed by atoms with Gasteiger partial charge in [0.1, 0.15) is 0 Å². The molecule has 0 N–H and O–H groups in total. The van der Waals surface area contributed by atoms with Gasteiger partial charge in [-0.15, -0.1) is 0 Å². The average Bonchev–Trinajstić information content (AvgIpc) is 2.72. The van der Waals surface area contributed by atoms with E-state index in [0.717, 1.165) is 32.1 Å². The fraction of sp³-hybridized carbons (Fsp3) is 0.333. The molecule has 7 heteroatoms. The molecular formula is C21H21N3O4. The van der Waals surface area contributed by atoms with Crippen LogP contribution in [-0.2, 0) is 6.54 Å². The van der Waals surface area contributed by atoms with E-state index in [4.69, 9.17) is 0 Å². The summed E-state index contributed by atoms with van der Waals surface area (Å²) in [6.07, 6.45) is 4.79. The Hall–Kier alpha value is -3.22. The van der Waals surface area contributed by atoms with Crippen molar-refractivity contribution in [3.63, 3.8) is 0 Å². The van der Waals surface area contributed by atoms with E-state index in [2.05, 4.69) is 0 Å². The maximum absolute atomic E-state index is 13.3. The molecule has 1 aliphatic carbocycles. The Morgan fingerprint density at radius 2 is 1.75 bits per heavy atom. The first-order chi connectivity index (χ1) is 13.6. The third kappa shape index (κ3) is 3.24. The highest BCUT2D eigenvalue weighted by molar-refractivity contribution is 5.78. The van der Waals surface area contributed by atoms with Gasteiger partial charge in [-0.2, -0.15) is 0 Å². The summed E-state index contributed by atoms with van der Waals surface area (Å²) < 4.78 is 2.96. The van der Waals surface area contributed by atoms with Crippen molar-refractivity contribution in [1.29, 1.82) is 0 Å². The molecule has 0 spiro atoms. The molecule has 4 rings (SSSR count). The topological polar surface area (TPSA) is 87.1 Å². The molecule has 1 saturated carbocycles. The van der Waals surface area contributed by atoms with Crippen LogP contribution in [0.25, 0.3) is 10.9 Å². The third-order valence-electron chi connectivity index (χ3n) is 5.48. The van der Waals surface area contributed by atoms with Crippen molar-refractivity contribution in [3.8, 4) is 0 Å². The van der Waals surface area contributed by atoms with Crippen LogP contribution in [-0.4, -0.2) is 14.1 Å². The summed E-state index contributed by atoms with van der Waals surface area (Å²) in [5, 5.41) is 11.6. The Morgan fingerprint density at radius 1 is 1.00 bits per heavy atom. The molecule has 0 unspecified atom stereocenters. The van der Waals surface area contributed by atoms with Crippen molar-refractivity contribution >= 4 is 16.6 Å². The number of nitro groups is 1. The number of hydrogen-bond acceptors (Lipinski definition) is 4. The minimum atomic E-state index is -0.451. The van der Waals surface area contributed by atoms with Crippen molar-refractivity contribution in [2.45, 2.75) is 44.7 Å². The largest absolute Gasteiger partial charge is 0.332 e. The molecule has 0 radical (unpaired) electrons. The smallest absolute Gasteiger partial charge is 0.289 e. The van der Waals surface area contributed by atoms with Crippen LogP contribution in [0.2, 0.25) is 0 Å². The summed E-state index contributed by atoms with van der Waals surface area (Å²) in [5.41, 5.74) is 0.590. The first-order valence-corrected chi connectivity index (χ1v) is 9.53. The molecule has 0 atom stereocenters. The van der Waals surface area contributed by atoms with Crippen LogP contribution >= 0.6 is 0 Å². The second-order valence-electron chi connectivity index (χ2n) is 7.28. The Balaban J connectivity index is 1.90. The number of benzene rings is 2. The van der Waals surface area contributed by atoms with Crippen LogP contribution in [0.5, 0.6) is 0 Å². The minimum absolute atomic E-state index is 0.0181. The van der Waals surface area contributed by atoms with Gasteiger partial charge in [0.25, 0.3) is 11.2 Å².